The molecule has 0 saturated heterocycles. The van der Waals surface area contributed by atoms with Crippen LogP contribution in [0.15, 0.2) is 30.3 Å². The van der Waals surface area contributed by atoms with Gasteiger partial charge in [-0.05, 0) is 24.3 Å². The second-order valence-electron chi connectivity index (χ2n) is 4.13. The van der Waals surface area contributed by atoms with Gasteiger partial charge in [0.15, 0.2) is 5.82 Å². The van der Waals surface area contributed by atoms with Crippen LogP contribution in [0.3, 0.4) is 0 Å². The van der Waals surface area contributed by atoms with Crippen molar-refractivity contribution in [2.45, 2.75) is 0 Å². The van der Waals surface area contributed by atoms with Gasteiger partial charge in [0, 0.05) is 0 Å². The number of nitrogens with two attached hydrogens (primary N) is 1. The molecular formula is C13H7Cl2F2N3. The smallest absolute Gasteiger partial charge is 0.206 e. The van der Waals surface area contributed by atoms with E-state index in [9.17, 15) is 8.78 Å². The molecule has 7 heteroatoms. The number of rotatable bonds is 1. The number of imidazole rings is 1. The minimum atomic E-state index is -0.571. The number of benzene rings is 2. The quantitative estimate of drug-likeness (QED) is 0.732. The molecule has 0 fully saturated rings. The summed E-state index contributed by atoms with van der Waals surface area (Å²) in [6.07, 6.45) is 0. The number of hydrogen-bond acceptors (Lipinski definition) is 2. The van der Waals surface area contributed by atoms with Gasteiger partial charge in [-0.15, -0.1) is 0 Å². The molecule has 0 aliphatic rings. The maximum atomic E-state index is 13.7. The first-order valence-electron chi connectivity index (χ1n) is 5.56. The second kappa shape index (κ2) is 4.61. The Bertz CT molecular complexity index is 807. The number of halogens is 4. The molecule has 0 radical (unpaired) electrons. The molecule has 0 unspecified atom stereocenters. The fourth-order valence-corrected chi connectivity index (χ4v) is 2.70. The molecule has 0 aliphatic carbocycles. The predicted octanol–water partition coefficient (Wildman–Crippen LogP) is 4.19. The van der Waals surface area contributed by atoms with E-state index < -0.39 is 11.6 Å². The number of nitrogen functional groups attached to an aromatic ring is 1. The van der Waals surface area contributed by atoms with Gasteiger partial charge in [0.05, 0.1) is 21.2 Å². The Balaban J connectivity index is 2.42. The van der Waals surface area contributed by atoms with Crippen LogP contribution in [0.4, 0.5) is 14.7 Å². The van der Waals surface area contributed by atoms with Gasteiger partial charge < -0.3 is 5.73 Å². The third-order valence-electron chi connectivity index (χ3n) is 2.87. The number of hydrogen-bond donors (Lipinski definition) is 1. The first kappa shape index (κ1) is 13.1. The third kappa shape index (κ3) is 1.90. The lowest BCUT2D eigenvalue weighted by Crippen LogP contribution is -2.02. The zero-order chi connectivity index (χ0) is 14.4. The highest BCUT2D eigenvalue weighted by molar-refractivity contribution is 6.38. The van der Waals surface area contributed by atoms with Gasteiger partial charge in [-0.3, -0.25) is 4.57 Å². The molecular weight excluding hydrogens is 307 g/mol. The van der Waals surface area contributed by atoms with E-state index in [-0.39, 0.29) is 27.2 Å². The highest BCUT2D eigenvalue weighted by atomic mass is 35.5. The fourth-order valence-electron chi connectivity index (χ4n) is 2.07. The Morgan fingerprint density at radius 3 is 2.40 bits per heavy atom. The van der Waals surface area contributed by atoms with Crippen molar-refractivity contribution in [1.82, 2.24) is 9.55 Å². The molecule has 1 heterocycles. The van der Waals surface area contributed by atoms with Gasteiger partial charge in [-0.2, -0.15) is 0 Å². The molecule has 102 valence electrons. The number of aromatic nitrogens is 2. The Hall–Kier alpha value is -1.85. The van der Waals surface area contributed by atoms with Crippen LogP contribution in [0.1, 0.15) is 0 Å². The number of anilines is 1. The highest BCUT2D eigenvalue weighted by Crippen LogP contribution is 2.34. The van der Waals surface area contributed by atoms with E-state index in [0.29, 0.717) is 5.52 Å². The lowest BCUT2D eigenvalue weighted by Gasteiger charge is -2.11. The summed E-state index contributed by atoms with van der Waals surface area (Å²) in [4.78, 5) is 3.95. The first-order chi connectivity index (χ1) is 9.49. The lowest BCUT2D eigenvalue weighted by atomic mass is 10.2. The molecule has 2 aromatic carbocycles. The van der Waals surface area contributed by atoms with Crippen molar-refractivity contribution in [3.8, 4) is 5.69 Å². The molecule has 1 aromatic heterocycles. The largest absolute Gasteiger partial charge is 0.369 e. The summed E-state index contributed by atoms with van der Waals surface area (Å²) in [5.74, 6) is -1.07. The van der Waals surface area contributed by atoms with E-state index in [1.807, 2.05) is 0 Å². The average molecular weight is 314 g/mol. The van der Waals surface area contributed by atoms with E-state index in [1.54, 1.807) is 6.07 Å². The fraction of sp³-hybridized carbons (Fsp3) is 0. The van der Waals surface area contributed by atoms with Gasteiger partial charge in [0.2, 0.25) is 5.95 Å². The van der Waals surface area contributed by atoms with E-state index in [0.717, 1.165) is 12.1 Å². The van der Waals surface area contributed by atoms with Gasteiger partial charge in [0.25, 0.3) is 0 Å². The standard InChI is InChI=1S/C13H7Cl2F2N3/c14-7-4-6(16)5-8(15)12(7)20-10-3-1-2-9(17)11(10)19-13(20)18/h1-5H,(H2,18,19). The molecule has 0 atom stereocenters. The van der Waals surface area contributed by atoms with Gasteiger partial charge >= 0.3 is 0 Å². The third-order valence-corrected chi connectivity index (χ3v) is 3.44. The van der Waals surface area contributed by atoms with Crippen molar-refractivity contribution < 1.29 is 8.78 Å². The molecule has 20 heavy (non-hydrogen) atoms. The Labute approximate surface area is 122 Å². The Kier molecular flexibility index (Phi) is 3.03. The first-order valence-corrected chi connectivity index (χ1v) is 6.32. The van der Waals surface area contributed by atoms with Gasteiger partial charge in [0.1, 0.15) is 11.3 Å². The highest BCUT2D eigenvalue weighted by Gasteiger charge is 2.18. The van der Waals surface area contributed by atoms with Crippen LogP contribution < -0.4 is 5.73 Å². The molecule has 3 aromatic rings. The summed E-state index contributed by atoms with van der Waals surface area (Å²) in [7, 11) is 0. The van der Waals surface area contributed by atoms with Crippen molar-refractivity contribution in [2.24, 2.45) is 0 Å². The summed E-state index contributed by atoms with van der Waals surface area (Å²) in [6.45, 7) is 0. The maximum absolute atomic E-state index is 13.7. The normalized spacial score (nSPS) is 11.2. The molecule has 0 bridgehead atoms. The molecule has 0 spiro atoms. The topological polar surface area (TPSA) is 43.8 Å². The number of fused-ring (bicyclic) bond motifs is 1. The molecule has 0 aliphatic heterocycles. The molecule has 3 nitrogen and oxygen atoms in total. The Morgan fingerprint density at radius 2 is 1.75 bits per heavy atom. The number of nitrogens with zero attached hydrogens (tertiary/aromatic N) is 2. The Morgan fingerprint density at radius 1 is 1.10 bits per heavy atom. The van der Waals surface area contributed by atoms with Crippen LogP contribution in [-0.2, 0) is 0 Å². The summed E-state index contributed by atoms with van der Waals surface area (Å²) < 4.78 is 28.3. The minimum Gasteiger partial charge on any atom is -0.369 e. The summed E-state index contributed by atoms with van der Waals surface area (Å²) >= 11 is 12.0. The van der Waals surface area contributed by atoms with E-state index >= 15 is 0 Å². The molecule has 0 saturated carbocycles. The van der Waals surface area contributed by atoms with Crippen molar-refractivity contribution >= 4 is 40.2 Å². The number of para-hydroxylation sites is 1. The average Bonchev–Trinajstić information content (AvgIpc) is 2.67. The zero-order valence-electron chi connectivity index (χ0n) is 9.87. The summed E-state index contributed by atoms with van der Waals surface area (Å²) in [5.41, 5.74) is 6.57. The molecule has 0 amide bonds. The monoisotopic (exact) mass is 313 g/mol. The van der Waals surface area contributed by atoms with Gasteiger partial charge in [-0.1, -0.05) is 29.3 Å². The SMILES string of the molecule is Nc1nc2c(F)cccc2n1-c1c(Cl)cc(F)cc1Cl. The summed E-state index contributed by atoms with van der Waals surface area (Å²) in [6, 6.07) is 6.62. The van der Waals surface area contributed by atoms with Crippen LogP contribution in [-0.4, -0.2) is 9.55 Å². The van der Waals surface area contributed by atoms with E-state index in [1.165, 1.54) is 16.7 Å². The lowest BCUT2D eigenvalue weighted by molar-refractivity contribution is 0.627. The predicted molar refractivity (Wildman–Crippen MR) is 75.4 cm³/mol. The summed E-state index contributed by atoms with van der Waals surface area (Å²) in [5, 5.41) is 0.121. The van der Waals surface area contributed by atoms with Crippen LogP contribution in [0, 0.1) is 11.6 Å². The molecule has 3 rings (SSSR count). The zero-order valence-corrected chi connectivity index (χ0v) is 11.4. The minimum absolute atomic E-state index is 0.0144. The van der Waals surface area contributed by atoms with Crippen molar-refractivity contribution in [3.05, 3.63) is 52.0 Å². The van der Waals surface area contributed by atoms with Crippen LogP contribution >= 0.6 is 23.2 Å². The van der Waals surface area contributed by atoms with E-state index in [4.69, 9.17) is 28.9 Å². The maximum Gasteiger partial charge on any atom is 0.206 e. The van der Waals surface area contributed by atoms with Crippen LogP contribution in [0.2, 0.25) is 10.0 Å². The van der Waals surface area contributed by atoms with E-state index in [2.05, 4.69) is 4.98 Å². The van der Waals surface area contributed by atoms with Crippen LogP contribution in [0.5, 0.6) is 0 Å². The van der Waals surface area contributed by atoms with Crippen molar-refractivity contribution in [1.29, 1.82) is 0 Å². The van der Waals surface area contributed by atoms with Crippen LogP contribution in [0.25, 0.3) is 16.7 Å². The van der Waals surface area contributed by atoms with Gasteiger partial charge in [-0.25, -0.2) is 13.8 Å². The second-order valence-corrected chi connectivity index (χ2v) is 4.95. The van der Waals surface area contributed by atoms with Crippen molar-refractivity contribution in [2.75, 3.05) is 5.73 Å². The molecule has 2 N–H and O–H groups in total. The van der Waals surface area contributed by atoms with Crippen molar-refractivity contribution in [3.63, 3.8) is 0 Å².